The number of halogens is 1. The molecule has 6 heteroatoms. The highest BCUT2D eigenvalue weighted by Gasteiger charge is 2.21. The Hall–Kier alpha value is -2.27. The number of hydrogen-bond donors (Lipinski definition) is 2. The Bertz CT molecular complexity index is 706. The fourth-order valence-corrected chi connectivity index (χ4v) is 2.46. The topological polar surface area (TPSA) is 79.5 Å². The van der Waals surface area contributed by atoms with Crippen molar-refractivity contribution in [2.75, 3.05) is 0 Å². The predicted molar refractivity (Wildman–Crippen MR) is 86.7 cm³/mol. The number of furan rings is 1. The Morgan fingerprint density at radius 3 is 2.48 bits per heavy atom. The van der Waals surface area contributed by atoms with E-state index in [1.54, 1.807) is 30.3 Å². The Labute approximate surface area is 139 Å². The van der Waals surface area contributed by atoms with Gasteiger partial charge in [-0.1, -0.05) is 30.7 Å². The first-order chi connectivity index (χ1) is 10.9. The summed E-state index contributed by atoms with van der Waals surface area (Å²) in [6.07, 6.45) is 0.461. The number of nitrogens with one attached hydrogen (secondary N) is 1. The van der Waals surface area contributed by atoms with Crippen LogP contribution in [-0.2, 0) is 11.2 Å². The number of amides is 1. The minimum atomic E-state index is -1.00. The number of benzene rings is 1. The second-order valence-electron chi connectivity index (χ2n) is 5.25. The highest BCUT2D eigenvalue weighted by Crippen LogP contribution is 2.21. The molecule has 1 aromatic heterocycles. The summed E-state index contributed by atoms with van der Waals surface area (Å²) in [5.74, 6) is -0.510. The number of carboxylic acid groups (broad SMARTS) is 1. The third kappa shape index (κ3) is 4.36. The van der Waals surface area contributed by atoms with Crippen LogP contribution in [0.25, 0.3) is 0 Å². The fraction of sp³-hybridized carbons (Fsp3) is 0.294. The van der Waals surface area contributed by atoms with Crippen molar-refractivity contribution in [3.63, 3.8) is 0 Å². The van der Waals surface area contributed by atoms with E-state index in [2.05, 4.69) is 5.32 Å². The number of carbonyl (C=O) groups excluding carboxylic acids is 1. The maximum absolute atomic E-state index is 12.3. The summed E-state index contributed by atoms with van der Waals surface area (Å²) in [5, 5.41) is 12.3. The molecule has 0 fully saturated rings. The Morgan fingerprint density at radius 1 is 1.30 bits per heavy atom. The molecule has 0 spiro atoms. The van der Waals surface area contributed by atoms with E-state index < -0.39 is 17.9 Å². The molecule has 0 aliphatic rings. The molecular formula is C17H18ClNO4. The smallest absolute Gasteiger partial charge is 0.305 e. The van der Waals surface area contributed by atoms with Crippen LogP contribution in [-0.4, -0.2) is 17.0 Å². The molecule has 2 aromatic rings. The van der Waals surface area contributed by atoms with Crippen molar-refractivity contribution in [2.24, 2.45) is 0 Å². The molecule has 5 nitrogen and oxygen atoms in total. The molecule has 2 N–H and O–H groups in total. The van der Waals surface area contributed by atoms with Crippen molar-refractivity contribution in [3.8, 4) is 0 Å². The summed E-state index contributed by atoms with van der Waals surface area (Å²) >= 11 is 5.84. The van der Waals surface area contributed by atoms with Gasteiger partial charge in [0.05, 0.1) is 12.5 Å². The first-order valence-corrected chi connectivity index (χ1v) is 7.66. The number of carbonyl (C=O) groups is 2. The molecule has 122 valence electrons. The van der Waals surface area contributed by atoms with Gasteiger partial charge in [-0.05, 0) is 36.2 Å². The summed E-state index contributed by atoms with van der Waals surface area (Å²) in [6, 6.07) is 7.71. The molecular weight excluding hydrogens is 318 g/mol. The number of aryl methyl sites for hydroxylation is 2. The lowest BCUT2D eigenvalue weighted by Crippen LogP contribution is -2.30. The van der Waals surface area contributed by atoms with E-state index in [1.165, 1.54) is 0 Å². The average Bonchev–Trinajstić information content (AvgIpc) is 2.88. The molecule has 0 saturated heterocycles. The standard InChI is InChI=1S/C17H18ClNO4/c1-3-14-10(2)8-15(23-14)17(22)19-13(9-16(20)21)11-4-6-12(18)7-5-11/h4-8,13H,3,9H2,1-2H3,(H,19,22)(H,20,21)/t13-/m0/s1. The van der Waals surface area contributed by atoms with E-state index in [-0.39, 0.29) is 12.2 Å². The van der Waals surface area contributed by atoms with Crippen LogP contribution in [0.2, 0.25) is 5.02 Å². The molecule has 1 heterocycles. The summed E-state index contributed by atoms with van der Waals surface area (Å²) < 4.78 is 5.51. The molecule has 0 bridgehead atoms. The van der Waals surface area contributed by atoms with Crippen molar-refractivity contribution in [1.29, 1.82) is 0 Å². The Morgan fingerprint density at radius 2 is 1.96 bits per heavy atom. The van der Waals surface area contributed by atoms with Gasteiger partial charge in [0, 0.05) is 11.4 Å². The lowest BCUT2D eigenvalue weighted by Gasteiger charge is -2.16. The van der Waals surface area contributed by atoms with E-state index in [1.807, 2.05) is 13.8 Å². The summed E-state index contributed by atoms with van der Waals surface area (Å²) in [6.45, 7) is 3.81. The van der Waals surface area contributed by atoms with Crippen molar-refractivity contribution < 1.29 is 19.1 Å². The van der Waals surface area contributed by atoms with Gasteiger partial charge < -0.3 is 14.8 Å². The summed E-state index contributed by atoms with van der Waals surface area (Å²) in [5.41, 5.74) is 1.57. The third-order valence-electron chi connectivity index (χ3n) is 3.52. The van der Waals surface area contributed by atoms with Crippen LogP contribution in [0.1, 0.15) is 46.8 Å². The van der Waals surface area contributed by atoms with Gasteiger partial charge >= 0.3 is 5.97 Å². The Kier molecular flexibility index (Phi) is 5.45. The third-order valence-corrected chi connectivity index (χ3v) is 3.77. The second-order valence-corrected chi connectivity index (χ2v) is 5.68. The number of aliphatic carboxylic acids is 1. The van der Waals surface area contributed by atoms with Crippen LogP contribution in [0.3, 0.4) is 0 Å². The maximum atomic E-state index is 12.3. The van der Waals surface area contributed by atoms with Gasteiger partial charge in [0.2, 0.25) is 0 Å². The molecule has 0 radical (unpaired) electrons. The van der Waals surface area contributed by atoms with E-state index in [9.17, 15) is 9.59 Å². The van der Waals surface area contributed by atoms with E-state index in [4.69, 9.17) is 21.1 Å². The van der Waals surface area contributed by atoms with Crippen LogP contribution in [0.5, 0.6) is 0 Å². The zero-order valence-electron chi connectivity index (χ0n) is 12.9. The summed E-state index contributed by atoms with van der Waals surface area (Å²) in [7, 11) is 0. The Balaban J connectivity index is 2.20. The molecule has 0 unspecified atom stereocenters. The lowest BCUT2D eigenvalue weighted by molar-refractivity contribution is -0.137. The molecule has 1 atom stereocenters. The maximum Gasteiger partial charge on any atom is 0.305 e. The molecule has 1 amide bonds. The number of rotatable bonds is 6. The van der Waals surface area contributed by atoms with Crippen molar-refractivity contribution >= 4 is 23.5 Å². The molecule has 0 aliphatic heterocycles. The minimum Gasteiger partial charge on any atom is -0.481 e. The van der Waals surface area contributed by atoms with Crippen molar-refractivity contribution in [1.82, 2.24) is 5.32 Å². The zero-order chi connectivity index (χ0) is 17.0. The van der Waals surface area contributed by atoms with Gasteiger partial charge in [0.25, 0.3) is 5.91 Å². The SMILES string of the molecule is CCc1oc(C(=O)N[C@@H](CC(=O)O)c2ccc(Cl)cc2)cc1C. The fourth-order valence-electron chi connectivity index (χ4n) is 2.33. The van der Waals surface area contributed by atoms with Crippen molar-refractivity contribution in [3.05, 3.63) is 58.0 Å². The molecule has 0 aliphatic carbocycles. The van der Waals surface area contributed by atoms with Gasteiger partial charge in [-0.3, -0.25) is 9.59 Å². The highest BCUT2D eigenvalue weighted by molar-refractivity contribution is 6.30. The van der Waals surface area contributed by atoms with Crippen LogP contribution in [0, 0.1) is 6.92 Å². The normalized spacial score (nSPS) is 12.0. The lowest BCUT2D eigenvalue weighted by atomic mass is 10.0. The molecule has 0 saturated carbocycles. The minimum absolute atomic E-state index is 0.184. The molecule has 2 rings (SSSR count). The van der Waals surface area contributed by atoms with Gasteiger partial charge in [-0.2, -0.15) is 0 Å². The quantitative estimate of drug-likeness (QED) is 0.842. The van der Waals surface area contributed by atoms with Crippen molar-refractivity contribution in [2.45, 2.75) is 32.7 Å². The number of carboxylic acids is 1. The van der Waals surface area contributed by atoms with Gasteiger partial charge in [0.1, 0.15) is 5.76 Å². The summed E-state index contributed by atoms with van der Waals surface area (Å²) in [4.78, 5) is 23.4. The molecule has 1 aromatic carbocycles. The highest BCUT2D eigenvalue weighted by atomic mass is 35.5. The van der Waals surface area contributed by atoms with Crippen LogP contribution in [0.15, 0.2) is 34.7 Å². The van der Waals surface area contributed by atoms with Gasteiger partial charge in [-0.25, -0.2) is 0 Å². The van der Waals surface area contributed by atoms with Crippen LogP contribution >= 0.6 is 11.6 Å². The first-order valence-electron chi connectivity index (χ1n) is 7.28. The van der Waals surface area contributed by atoms with E-state index in [0.717, 1.165) is 11.3 Å². The number of hydrogen-bond acceptors (Lipinski definition) is 3. The van der Waals surface area contributed by atoms with Crippen LogP contribution in [0.4, 0.5) is 0 Å². The van der Waals surface area contributed by atoms with Gasteiger partial charge in [-0.15, -0.1) is 0 Å². The predicted octanol–water partition coefficient (Wildman–Crippen LogP) is 3.75. The largest absolute Gasteiger partial charge is 0.481 e. The molecule has 23 heavy (non-hydrogen) atoms. The van der Waals surface area contributed by atoms with Crippen LogP contribution < -0.4 is 5.32 Å². The van der Waals surface area contributed by atoms with E-state index in [0.29, 0.717) is 17.0 Å². The first kappa shape index (κ1) is 17.1. The van der Waals surface area contributed by atoms with E-state index >= 15 is 0 Å². The zero-order valence-corrected chi connectivity index (χ0v) is 13.7. The van der Waals surface area contributed by atoms with Gasteiger partial charge in [0.15, 0.2) is 5.76 Å². The second kappa shape index (κ2) is 7.33. The average molecular weight is 336 g/mol. The monoisotopic (exact) mass is 335 g/mol.